The lowest BCUT2D eigenvalue weighted by Crippen LogP contribution is -2.50. The van der Waals surface area contributed by atoms with E-state index in [0.717, 1.165) is 11.3 Å². The number of carbonyl (C=O) groups is 1. The molecule has 1 N–H and O–H groups in total. The monoisotopic (exact) mass is 345 g/mol. The molecule has 0 saturated carbocycles. The number of aromatic nitrogens is 2. The zero-order chi connectivity index (χ0) is 17.7. The van der Waals surface area contributed by atoms with E-state index in [4.69, 9.17) is 9.47 Å². The van der Waals surface area contributed by atoms with Crippen LogP contribution in [0.25, 0.3) is 0 Å². The molecular formula is C18H23N3O4. The SMILES string of the molecule is Cc1ccccc1OC[C@@]1(O)COCCN(C(=O)Cn2ccnc2)C1. The first-order valence-electron chi connectivity index (χ1n) is 8.28. The highest BCUT2D eigenvalue weighted by Gasteiger charge is 2.35. The Hall–Kier alpha value is -2.38. The van der Waals surface area contributed by atoms with Crippen LogP contribution in [0.15, 0.2) is 43.0 Å². The molecule has 3 rings (SSSR count). The number of para-hydroxylation sites is 1. The molecule has 1 amide bonds. The molecule has 1 aliphatic rings. The Bertz CT molecular complexity index is 704. The lowest BCUT2D eigenvalue weighted by Gasteiger charge is -2.30. The lowest BCUT2D eigenvalue weighted by molar-refractivity contribution is -0.135. The average molecular weight is 345 g/mol. The quantitative estimate of drug-likeness (QED) is 0.870. The minimum atomic E-state index is -1.25. The van der Waals surface area contributed by atoms with Crippen molar-refractivity contribution < 1.29 is 19.4 Å². The molecule has 7 heteroatoms. The number of benzene rings is 1. The summed E-state index contributed by atoms with van der Waals surface area (Å²) in [6.45, 7) is 3.34. The summed E-state index contributed by atoms with van der Waals surface area (Å²) in [5, 5.41) is 10.9. The van der Waals surface area contributed by atoms with Crippen molar-refractivity contribution in [2.45, 2.75) is 19.1 Å². The fourth-order valence-electron chi connectivity index (χ4n) is 2.78. The van der Waals surface area contributed by atoms with Gasteiger partial charge in [0.25, 0.3) is 0 Å². The predicted octanol–water partition coefficient (Wildman–Crippen LogP) is 0.860. The first kappa shape index (κ1) is 17.4. The first-order chi connectivity index (χ1) is 12.1. The van der Waals surface area contributed by atoms with E-state index in [2.05, 4.69) is 4.98 Å². The molecule has 2 aromatic rings. The number of hydrogen-bond donors (Lipinski definition) is 1. The van der Waals surface area contributed by atoms with E-state index in [9.17, 15) is 9.90 Å². The molecule has 0 radical (unpaired) electrons. The molecule has 0 unspecified atom stereocenters. The number of carbonyl (C=O) groups excluding carboxylic acids is 1. The standard InChI is InChI=1S/C18H23N3O4/c1-15-4-2-3-5-16(15)25-13-18(23)11-21(8-9-24-12-18)17(22)10-20-7-6-19-14-20/h2-7,14,23H,8-13H2,1H3/t18-/m0/s1. The van der Waals surface area contributed by atoms with Crippen molar-refractivity contribution in [3.63, 3.8) is 0 Å². The van der Waals surface area contributed by atoms with Gasteiger partial charge in [0.1, 0.15) is 24.5 Å². The Kier molecular flexibility index (Phi) is 5.35. The molecular weight excluding hydrogens is 322 g/mol. The number of rotatable bonds is 5. The number of imidazole rings is 1. The Morgan fingerprint density at radius 3 is 3.04 bits per heavy atom. The normalized spacial score (nSPS) is 21.0. The smallest absolute Gasteiger partial charge is 0.242 e. The summed E-state index contributed by atoms with van der Waals surface area (Å²) in [6.07, 6.45) is 4.96. The van der Waals surface area contributed by atoms with Gasteiger partial charge in [0.2, 0.25) is 5.91 Å². The van der Waals surface area contributed by atoms with Crippen molar-refractivity contribution in [1.29, 1.82) is 0 Å². The van der Waals surface area contributed by atoms with E-state index >= 15 is 0 Å². The Balaban J connectivity index is 1.63. The highest BCUT2D eigenvalue weighted by Crippen LogP contribution is 2.20. The molecule has 1 fully saturated rings. The second-order valence-corrected chi connectivity index (χ2v) is 6.38. The second-order valence-electron chi connectivity index (χ2n) is 6.38. The summed E-state index contributed by atoms with van der Waals surface area (Å²) in [5.41, 5.74) is -0.252. The van der Waals surface area contributed by atoms with Crippen LogP contribution in [-0.2, 0) is 16.1 Å². The Morgan fingerprint density at radius 2 is 2.28 bits per heavy atom. The molecule has 1 aromatic carbocycles. The van der Waals surface area contributed by atoms with Crippen molar-refractivity contribution in [3.05, 3.63) is 48.5 Å². The average Bonchev–Trinajstić information content (AvgIpc) is 3.02. The van der Waals surface area contributed by atoms with Crippen LogP contribution in [-0.4, -0.2) is 64.0 Å². The molecule has 134 valence electrons. The molecule has 1 saturated heterocycles. The maximum absolute atomic E-state index is 12.5. The van der Waals surface area contributed by atoms with Crippen LogP contribution in [0.4, 0.5) is 0 Å². The number of amides is 1. The molecule has 0 spiro atoms. The Morgan fingerprint density at radius 1 is 1.44 bits per heavy atom. The van der Waals surface area contributed by atoms with Crippen LogP contribution < -0.4 is 4.74 Å². The van der Waals surface area contributed by atoms with E-state index in [0.29, 0.717) is 13.2 Å². The van der Waals surface area contributed by atoms with Crippen LogP contribution >= 0.6 is 0 Å². The predicted molar refractivity (Wildman–Crippen MR) is 91.2 cm³/mol. The number of hydrogen-bond acceptors (Lipinski definition) is 5. The van der Waals surface area contributed by atoms with E-state index in [-0.39, 0.29) is 32.2 Å². The summed E-state index contributed by atoms with van der Waals surface area (Å²) in [7, 11) is 0. The topological polar surface area (TPSA) is 76.8 Å². The van der Waals surface area contributed by atoms with Gasteiger partial charge >= 0.3 is 0 Å². The van der Waals surface area contributed by atoms with Crippen LogP contribution in [0.3, 0.4) is 0 Å². The van der Waals surface area contributed by atoms with Gasteiger partial charge in [0.05, 0.1) is 26.1 Å². The third kappa shape index (κ3) is 4.58. The fourth-order valence-corrected chi connectivity index (χ4v) is 2.78. The molecule has 1 aliphatic heterocycles. The van der Waals surface area contributed by atoms with Crippen molar-refractivity contribution in [2.24, 2.45) is 0 Å². The summed E-state index contributed by atoms with van der Waals surface area (Å²) in [4.78, 5) is 18.1. The number of aryl methyl sites for hydroxylation is 1. The van der Waals surface area contributed by atoms with Crippen LogP contribution in [0.5, 0.6) is 5.75 Å². The van der Waals surface area contributed by atoms with Crippen molar-refractivity contribution in [2.75, 3.05) is 32.9 Å². The first-order valence-corrected chi connectivity index (χ1v) is 8.28. The van der Waals surface area contributed by atoms with E-state index in [1.54, 1.807) is 28.2 Å². The Labute approximate surface area is 146 Å². The number of ether oxygens (including phenoxy) is 2. The largest absolute Gasteiger partial charge is 0.490 e. The lowest BCUT2D eigenvalue weighted by atomic mass is 10.1. The van der Waals surface area contributed by atoms with E-state index in [1.165, 1.54) is 0 Å². The molecule has 0 aliphatic carbocycles. The van der Waals surface area contributed by atoms with E-state index < -0.39 is 5.60 Å². The van der Waals surface area contributed by atoms with Gasteiger partial charge in [0.15, 0.2) is 0 Å². The minimum absolute atomic E-state index is 0.0622. The zero-order valence-electron chi connectivity index (χ0n) is 14.3. The fraction of sp³-hybridized carbons (Fsp3) is 0.444. The highest BCUT2D eigenvalue weighted by molar-refractivity contribution is 5.76. The highest BCUT2D eigenvalue weighted by atomic mass is 16.5. The van der Waals surface area contributed by atoms with Crippen molar-refractivity contribution in [1.82, 2.24) is 14.5 Å². The summed E-state index contributed by atoms with van der Waals surface area (Å²) < 4.78 is 13.0. The van der Waals surface area contributed by atoms with Gasteiger partial charge in [-0.1, -0.05) is 18.2 Å². The van der Waals surface area contributed by atoms with Gasteiger partial charge in [-0.15, -0.1) is 0 Å². The molecule has 0 bridgehead atoms. The van der Waals surface area contributed by atoms with Crippen LogP contribution in [0, 0.1) is 6.92 Å². The summed E-state index contributed by atoms with van der Waals surface area (Å²) >= 11 is 0. The zero-order valence-corrected chi connectivity index (χ0v) is 14.3. The van der Waals surface area contributed by atoms with Gasteiger partial charge in [-0.25, -0.2) is 4.98 Å². The summed E-state index contributed by atoms with van der Waals surface area (Å²) in [6, 6.07) is 7.63. The maximum Gasteiger partial charge on any atom is 0.242 e. The molecule has 25 heavy (non-hydrogen) atoms. The number of nitrogens with zero attached hydrogens (tertiary/aromatic N) is 3. The maximum atomic E-state index is 12.5. The van der Waals surface area contributed by atoms with Crippen LogP contribution in [0.1, 0.15) is 5.56 Å². The van der Waals surface area contributed by atoms with Gasteiger partial charge in [-0.05, 0) is 18.6 Å². The van der Waals surface area contributed by atoms with E-state index in [1.807, 2.05) is 31.2 Å². The molecule has 1 atom stereocenters. The molecule has 7 nitrogen and oxygen atoms in total. The third-order valence-electron chi connectivity index (χ3n) is 4.18. The number of aliphatic hydroxyl groups is 1. The number of β-amino-alcohol motifs (C(OH)–C–C–N with tert-alkyl or cyclic N) is 1. The molecule has 2 heterocycles. The van der Waals surface area contributed by atoms with Gasteiger partial charge in [0, 0.05) is 18.9 Å². The third-order valence-corrected chi connectivity index (χ3v) is 4.18. The van der Waals surface area contributed by atoms with Gasteiger partial charge in [-0.3, -0.25) is 4.79 Å². The minimum Gasteiger partial charge on any atom is -0.490 e. The summed E-state index contributed by atoms with van der Waals surface area (Å²) in [5.74, 6) is 0.634. The van der Waals surface area contributed by atoms with Gasteiger partial charge < -0.3 is 24.0 Å². The second kappa shape index (κ2) is 7.67. The van der Waals surface area contributed by atoms with Crippen molar-refractivity contribution >= 4 is 5.91 Å². The van der Waals surface area contributed by atoms with Crippen molar-refractivity contribution in [3.8, 4) is 5.75 Å². The molecule has 1 aromatic heterocycles. The van der Waals surface area contributed by atoms with Gasteiger partial charge in [-0.2, -0.15) is 0 Å². The van der Waals surface area contributed by atoms with Crippen LogP contribution in [0.2, 0.25) is 0 Å².